The fourth-order valence-electron chi connectivity index (χ4n) is 3.75. The van der Waals surface area contributed by atoms with Crippen LogP contribution in [0.3, 0.4) is 0 Å². The summed E-state index contributed by atoms with van der Waals surface area (Å²) in [5.41, 5.74) is 3.27. The first kappa shape index (κ1) is 24.5. The molecule has 8 heteroatoms. The molecule has 3 aromatic carbocycles. The van der Waals surface area contributed by atoms with Gasteiger partial charge in [-0.1, -0.05) is 35.3 Å². The second-order valence-corrected chi connectivity index (χ2v) is 8.64. The molecule has 0 aliphatic carbocycles. The number of halogens is 3. The highest BCUT2D eigenvalue weighted by molar-refractivity contribution is 6.33. The highest BCUT2D eigenvalue weighted by Gasteiger charge is 2.15. The third-order valence-electron chi connectivity index (χ3n) is 5.54. The molecule has 1 fully saturated rings. The molecule has 0 unspecified atom stereocenters. The van der Waals surface area contributed by atoms with Gasteiger partial charge in [-0.3, -0.25) is 0 Å². The molecule has 1 N–H and O–H groups in total. The Morgan fingerprint density at radius 3 is 2.53 bits per heavy atom. The van der Waals surface area contributed by atoms with Gasteiger partial charge < -0.3 is 24.4 Å². The fraction of sp³-hybridized carbons (Fsp3) is 0.308. The molecule has 0 amide bonds. The Morgan fingerprint density at radius 1 is 0.971 bits per heavy atom. The van der Waals surface area contributed by atoms with Crippen LogP contribution < -0.4 is 19.7 Å². The average molecular weight is 505 g/mol. The van der Waals surface area contributed by atoms with E-state index in [1.807, 2.05) is 43.3 Å². The molecule has 34 heavy (non-hydrogen) atoms. The van der Waals surface area contributed by atoms with Gasteiger partial charge in [0.2, 0.25) is 0 Å². The number of nitrogens with zero attached hydrogens (tertiary/aromatic N) is 1. The number of benzene rings is 3. The number of rotatable bonds is 9. The lowest BCUT2D eigenvalue weighted by atomic mass is 10.2. The van der Waals surface area contributed by atoms with Gasteiger partial charge in [0.25, 0.3) is 0 Å². The van der Waals surface area contributed by atoms with E-state index in [0.29, 0.717) is 53.5 Å². The number of anilines is 2. The maximum absolute atomic E-state index is 14.1. The van der Waals surface area contributed by atoms with E-state index in [4.69, 9.17) is 37.4 Å². The van der Waals surface area contributed by atoms with Crippen molar-refractivity contribution in [2.75, 3.05) is 43.1 Å². The van der Waals surface area contributed by atoms with E-state index in [2.05, 4.69) is 10.2 Å². The van der Waals surface area contributed by atoms with E-state index >= 15 is 0 Å². The third-order valence-corrected chi connectivity index (χ3v) is 6.19. The van der Waals surface area contributed by atoms with Crippen molar-refractivity contribution in [1.29, 1.82) is 0 Å². The van der Waals surface area contributed by atoms with Gasteiger partial charge >= 0.3 is 0 Å². The summed E-state index contributed by atoms with van der Waals surface area (Å²) in [6.07, 6.45) is 0. The number of nitrogens with one attached hydrogen (secondary N) is 1. The minimum absolute atomic E-state index is 0.0111. The summed E-state index contributed by atoms with van der Waals surface area (Å²) in [6, 6.07) is 16.2. The predicted molar refractivity (Wildman–Crippen MR) is 135 cm³/mol. The van der Waals surface area contributed by atoms with Crippen LogP contribution in [-0.2, 0) is 17.9 Å². The molecule has 0 radical (unpaired) electrons. The maximum atomic E-state index is 14.1. The number of morpholine rings is 1. The van der Waals surface area contributed by atoms with Crippen LogP contribution in [0.1, 0.15) is 18.1 Å². The van der Waals surface area contributed by atoms with Gasteiger partial charge in [0.05, 0.1) is 35.6 Å². The second kappa shape index (κ2) is 11.6. The summed E-state index contributed by atoms with van der Waals surface area (Å²) in [7, 11) is 0. The van der Waals surface area contributed by atoms with Crippen LogP contribution in [0.4, 0.5) is 15.8 Å². The monoisotopic (exact) mass is 504 g/mol. The Balaban J connectivity index is 1.41. The largest absolute Gasteiger partial charge is 0.490 e. The van der Waals surface area contributed by atoms with Gasteiger partial charge in [-0.05, 0) is 55.0 Å². The minimum Gasteiger partial charge on any atom is -0.490 e. The van der Waals surface area contributed by atoms with Crippen LogP contribution in [-0.4, -0.2) is 32.9 Å². The van der Waals surface area contributed by atoms with E-state index < -0.39 is 5.82 Å². The molecule has 3 aromatic rings. The topological polar surface area (TPSA) is 43.0 Å². The van der Waals surface area contributed by atoms with Gasteiger partial charge in [-0.25, -0.2) is 4.39 Å². The highest BCUT2D eigenvalue weighted by Crippen LogP contribution is 2.32. The summed E-state index contributed by atoms with van der Waals surface area (Å²) in [5, 5.41) is 4.44. The molecular formula is C26H27Cl2FN2O3. The van der Waals surface area contributed by atoms with Gasteiger partial charge in [0, 0.05) is 30.9 Å². The van der Waals surface area contributed by atoms with E-state index in [1.165, 1.54) is 6.07 Å². The van der Waals surface area contributed by atoms with Crippen LogP contribution in [0.25, 0.3) is 0 Å². The molecule has 180 valence electrons. The molecule has 0 spiro atoms. The second-order valence-electron chi connectivity index (χ2n) is 7.82. The first-order chi connectivity index (χ1) is 16.5. The molecule has 5 nitrogen and oxygen atoms in total. The van der Waals surface area contributed by atoms with Gasteiger partial charge in [-0.2, -0.15) is 0 Å². The Bertz CT molecular complexity index is 1100. The minimum atomic E-state index is -0.399. The van der Waals surface area contributed by atoms with Crippen LogP contribution >= 0.6 is 23.2 Å². The lowest BCUT2D eigenvalue weighted by Gasteiger charge is -2.29. The standard InChI is InChI=1S/C26H27Cl2FN2O3/c1-2-33-26-14-18(6-9-25(26)34-17-20-21(27)4-3-5-23(20)29)16-30-19-7-8-24(22(28)15-19)31-10-12-32-13-11-31/h3-9,14-15,30H,2,10-13,16-17H2,1H3. The SMILES string of the molecule is CCOc1cc(CNc2ccc(N3CCOCC3)c(Cl)c2)ccc1OCc1c(F)cccc1Cl. The summed E-state index contributed by atoms with van der Waals surface area (Å²) >= 11 is 12.7. The van der Waals surface area contributed by atoms with Crippen molar-refractivity contribution in [3.05, 3.63) is 81.6 Å². The molecule has 0 aromatic heterocycles. The van der Waals surface area contributed by atoms with E-state index in [0.717, 1.165) is 30.0 Å². The average Bonchev–Trinajstić information content (AvgIpc) is 2.84. The van der Waals surface area contributed by atoms with Crippen LogP contribution in [0.2, 0.25) is 10.0 Å². The Labute approximate surface area is 209 Å². The molecule has 0 saturated carbocycles. The van der Waals surface area contributed by atoms with Crippen molar-refractivity contribution >= 4 is 34.6 Å². The predicted octanol–water partition coefficient (Wildman–Crippen LogP) is 6.56. The highest BCUT2D eigenvalue weighted by atomic mass is 35.5. The summed E-state index contributed by atoms with van der Waals surface area (Å²) in [6.45, 7) is 6.07. The first-order valence-corrected chi connectivity index (χ1v) is 12.0. The van der Waals surface area contributed by atoms with Crippen molar-refractivity contribution in [3.63, 3.8) is 0 Å². The molecule has 1 heterocycles. The smallest absolute Gasteiger partial charge is 0.161 e. The number of hydrogen-bond acceptors (Lipinski definition) is 5. The zero-order chi connectivity index (χ0) is 23.9. The Morgan fingerprint density at radius 2 is 1.79 bits per heavy atom. The Hall–Kier alpha value is -2.67. The van der Waals surface area contributed by atoms with Gasteiger partial charge in [0.15, 0.2) is 11.5 Å². The summed E-state index contributed by atoms with van der Waals surface area (Å²) in [4.78, 5) is 2.23. The molecule has 0 atom stereocenters. The molecule has 1 saturated heterocycles. The molecule has 0 bridgehead atoms. The number of hydrogen-bond donors (Lipinski definition) is 1. The molecule has 1 aliphatic rings. The molecule has 4 rings (SSSR count). The number of ether oxygens (including phenoxy) is 3. The van der Waals surface area contributed by atoms with E-state index in [-0.39, 0.29) is 6.61 Å². The zero-order valence-corrected chi connectivity index (χ0v) is 20.5. The van der Waals surface area contributed by atoms with Gasteiger partial charge in [0.1, 0.15) is 12.4 Å². The Kier molecular flexibility index (Phi) is 8.38. The molecular weight excluding hydrogens is 478 g/mol. The van der Waals surface area contributed by atoms with Crippen LogP contribution in [0.15, 0.2) is 54.6 Å². The lowest BCUT2D eigenvalue weighted by Crippen LogP contribution is -2.36. The summed E-state index contributed by atoms with van der Waals surface area (Å²) in [5.74, 6) is 0.724. The maximum Gasteiger partial charge on any atom is 0.161 e. The quantitative estimate of drug-likeness (QED) is 0.357. The lowest BCUT2D eigenvalue weighted by molar-refractivity contribution is 0.122. The van der Waals surface area contributed by atoms with Crippen molar-refractivity contribution in [3.8, 4) is 11.5 Å². The first-order valence-electron chi connectivity index (χ1n) is 11.2. The van der Waals surface area contributed by atoms with Crippen molar-refractivity contribution < 1.29 is 18.6 Å². The van der Waals surface area contributed by atoms with E-state index in [9.17, 15) is 4.39 Å². The molecule has 1 aliphatic heterocycles. The van der Waals surface area contributed by atoms with Gasteiger partial charge in [-0.15, -0.1) is 0 Å². The third kappa shape index (κ3) is 6.06. The van der Waals surface area contributed by atoms with Crippen LogP contribution in [0, 0.1) is 5.82 Å². The van der Waals surface area contributed by atoms with E-state index in [1.54, 1.807) is 12.1 Å². The zero-order valence-electron chi connectivity index (χ0n) is 19.0. The van der Waals surface area contributed by atoms with Crippen molar-refractivity contribution in [2.24, 2.45) is 0 Å². The van der Waals surface area contributed by atoms with Crippen molar-refractivity contribution in [2.45, 2.75) is 20.1 Å². The fourth-order valence-corrected chi connectivity index (χ4v) is 4.27. The summed E-state index contributed by atoms with van der Waals surface area (Å²) < 4.78 is 31.1. The van der Waals surface area contributed by atoms with Crippen molar-refractivity contribution in [1.82, 2.24) is 0 Å². The normalized spacial score (nSPS) is 13.6. The van der Waals surface area contributed by atoms with Crippen LogP contribution in [0.5, 0.6) is 11.5 Å².